The predicted octanol–water partition coefficient (Wildman–Crippen LogP) is 4.75. The first-order valence-electron chi connectivity index (χ1n) is 10.4. The average molecular weight is 448 g/mol. The summed E-state index contributed by atoms with van der Waals surface area (Å²) in [6.07, 6.45) is 0.0760. The second-order valence-corrected chi connectivity index (χ2v) is 8.75. The number of nitrogens with zero attached hydrogens (tertiary/aromatic N) is 2. The number of methoxy groups -OCH3 is 1. The fraction of sp³-hybridized carbons (Fsp3) is 0.240. The number of fused-ring (bicyclic) bond motifs is 1. The number of nitrogens with one attached hydrogen (secondary N) is 1. The van der Waals surface area contributed by atoms with Gasteiger partial charge in [-0.2, -0.15) is 0 Å². The molecule has 1 atom stereocenters. The molecule has 1 unspecified atom stereocenters. The average Bonchev–Trinajstić information content (AvgIpc) is 3.07. The Morgan fingerprint density at radius 1 is 1.09 bits per heavy atom. The number of aryl methyl sites for hydroxylation is 1. The van der Waals surface area contributed by atoms with Crippen molar-refractivity contribution in [1.82, 2.24) is 4.90 Å². The van der Waals surface area contributed by atoms with Gasteiger partial charge >= 0.3 is 0 Å². The van der Waals surface area contributed by atoms with E-state index >= 15 is 0 Å². The highest BCUT2D eigenvalue weighted by molar-refractivity contribution is 8.15. The quantitative estimate of drug-likeness (QED) is 0.567. The van der Waals surface area contributed by atoms with Crippen molar-refractivity contribution in [2.75, 3.05) is 25.6 Å². The number of thioether (sulfide) groups is 1. The molecule has 164 valence electrons. The zero-order chi connectivity index (χ0) is 22.5. The second kappa shape index (κ2) is 9.97. The third kappa shape index (κ3) is 5.00. The maximum atomic E-state index is 13.0. The SMILES string of the molecule is COCCN1C(=O)C(CC(=O)Nc2ccc3ccccc3c2)SC1=Nc1ccccc1C. The molecule has 1 saturated heterocycles. The van der Waals surface area contributed by atoms with Crippen LogP contribution in [0.1, 0.15) is 12.0 Å². The van der Waals surface area contributed by atoms with E-state index in [1.54, 1.807) is 12.0 Å². The smallest absolute Gasteiger partial charge is 0.242 e. The van der Waals surface area contributed by atoms with E-state index in [0.29, 0.717) is 24.0 Å². The molecule has 1 N–H and O–H groups in total. The van der Waals surface area contributed by atoms with Crippen LogP contribution in [0.2, 0.25) is 0 Å². The first-order valence-corrected chi connectivity index (χ1v) is 11.3. The first-order chi connectivity index (χ1) is 15.5. The molecule has 0 spiro atoms. The first kappa shape index (κ1) is 22.0. The van der Waals surface area contributed by atoms with Gasteiger partial charge in [0.2, 0.25) is 11.8 Å². The van der Waals surface area contributed by atoms with E-state index < -0.39 is 5.25 Å². The molecular formula is C25H25N3O3S. The van der Waals surface area contributed by atoms with E-state index in [0.717, 1.165) is 22.0 Å². The van der Waals surface area contributed by atoms with Crippen LogP contribution >= 0.6 is 11.8 Å². The van der Waals surface area contributed by atoms with Crippen LogP contribution in [0.5, 0.6) is 0 Å². The minimum absolute atomic E-state index is 0.0760. The molecule has 0 bridgehead atoms. The highest BCUT2D eigenvalue weighted by Gasteiger charge is 2.39. The molecule has 0 aliphatic carbocycles. The van der Waals surface area contributed by atoms with Crippen molar-refractivity contribution >= 4 is 50.9 Å². The van der Waals surface area contributed by atoms with Crippen molar-refractivity contribution in [3.05, 3.63) is 72.3 Å². The van der Waals surface area contributed by atoms with Crippen LogP contribution in [0.4, 0.5) is 11.4 Å². The summed E-state index contributed by atoms with van der Waals surface area (Å²) in [6, 6.07) is 21.5. The molecule has 1 heterocycles. The van der Waals surface area contributed by atoms with Gasteiger partial charge in [0.25, 0.3) is 0 Å². The van der Waals surface area contributed by atoms with Crippen molar-refractivity contribution in [1.29, 1.82) is 0 Å². The summed E-state index contributed by atoms with van der Waals surface area (Å²) in [5.74, 6) is -0.317. The predicted molar refractivity (Wildman–Crippen MR) is 130 cm³/mol. The van der Waals surface area contributed by atoms with Crippen LogP contribution in [0, 0.1) is 6.92 Å². The minimum atomic E-state index is -0.518. The highest BCUT2D eigenvalue weighted by Crippen LogP contribution is 2.32. The molecule has 1 aliphatic rings. The Labute approximate surface area is 191 Å². The fourth-order valence-electron chi connectivity index (χ4n) is 3.55. The zero-order valence-corrected chi connectivity index (χ0v) is 18.9. The third-order valence-corrected chi connectivity index (χ3v) is 6.45. The number of carbonyl (C=O) groups is 2. The van der Waals surface area contributed by atoms with E-state index in [1.165, 1.54) is 11.8 Å². The molecule has 0 radical (unpaired) electrons. The van der Waals surface area contributed by atoms with Gasteiger partial charge in [-0.3, -0.25) is 14.5 Å². The summed E-state index contributed by atoms with van der Waals surface area (Å²) < 4.78 is 5.17. The van der Waals surface area contributed by atoms with Crippen LogP contribution in [0.25, 0.3) is 10.8 Å². The number of anilines is 1. The lowest BCUT2D eigenvalue weighted by atomic mass is 10.1. The monoisotopic (exact) mass is 447 g/mol. The number of ether oxygens (including phenoxy) is 1. The lowest BCUT2D eigenvalue weighted by Crippen LogP contribution is -2.35. The molecule has 2 amide bonds. The number of aliphatic imine (C=N–C) groups is 1. The summed E-state index contributed by atoms with van der Waals surface area (Å²) in [5, 5.41) is 5.17. The number of hydrogen-bond acceptors (Lipinski definition) is 5. The Bertz CT molecular complexity index is 1180. The standard InChI is InChI=1S/C25H25N3O3S/c1-17-7-3-6-10-21(17)27-25-28(13-14-31-2)24(30)22(32-25)16-23(29)26-20-12-11-18-8-4-5-9-19(18)15-20/h3-12,15,22H,13-14,16H2,1-2H3,(H,26,29). The Morgan fingerprint density at radius 3 is 2.62 bits per heavy atom. The fourth-order valence-corrected chi connectivity index (χ4v) is 4.73. The number of hydrogen-bond donors (Lipinski definition) is 1. The normalized spacial score (nSPS) is 17.3. The number of para-hydroxylation sites is 1. The van der Waals surface area contributed by atoms with Crippen LogP contribution in [-0.2, 0) is 14.3 Å². The summed E-state index contributed by atoms with van der Waals surface area (Å²) in [4.78, 5) is 32.1. The van der Waals surface area contributed by atoms with Gasteiger partial charge in [-0.25, -0.2) is 4.99 Å². The van der Waals surface area contributed by atoms with Gasteiger partial charge in [0.15, 0.2) is 5.17 Å². The van der Waals surface area contributed by atoms with Gasteiger partial charge in [0.1, 0.15) is 5.25 Å². The molecule has 3 aromatic rings. The molecule has 6 nitrogen and oxygen atoms in total. The maximum Gasteiger partial charge on any atom is 0.242 e. The summed E-state index contributed by atoms with van der Waals surface area (Å²) in [7, 11) is 1.60. The van der Waals surface area contributed by atoms with E-state index in [1.807, 2.05) is 73.7 Å². The largest absolute Gasteiger partial charge is 0.383 e. The van der Waals surface area contributed by atoms with Crippen molar-refractivity contribution in [2.45, 2.75) is 18.6 Å². The maximum absolute atomic E-state index is 13.0. The zero-order valence-electron chi connectivity index (χ0n) is 18.1. The topological polar surface area (TPSA) is 71.0 Å². The van der Waals surface area contributed by atoms with Gasteiger partial charge in [0, 0.05) is 19.2 Å². The lowest BCUT2D eigenvalue weighted by molar-refractivity contribution is -0.128. The Balaban J connectivity index is 1.49. The number of amides is 2. The molecule has 4 rings (SSSR count). The van der Waals surface area contributed by atoms with Gasteiger partial charge in [-0.05, 0) is 41.5 Å². The van der Waals surface area contributed by atoms with Crippen molar-refractivity contribution < 1.29 is 14.3 Å². The van der Waals surface area contributed by atoms with Crippen LogP contribution < -0.4 is 5.32 Å². The number of benzene rings is 3. The summed E-state index contributed by atoms with van der Waals surface area (Å²) >= 11 is 1.33. The number of amidine groups is 1. The number of carbonyl (C=O) groups excluding carboxylic acids is 2. The van der Waals surface area contributed by atoms with Gasteiger partial charge in [0.05, 0.1) is 18.8 Å². The van der Waals surface area contributed by atoms with Crippen molar-refractivity contribution in [3.63, 3.8) is 0 Å². The van der Waals surface area contributed by atoms with E-state index in [-0.39, 0.29) is 18.2 Å². The molecule has 1 aliphatic heterocycles. The van der Waals surface area contributed by atoms with Crippen LogP contribution in [-0.4, -0.2) is 47.4 Å². The summed E-state index contributed by atoms with van der Waals surface area (Å²) in [5.41, 5.74) is 2.55. The molecule has 0 aromatic heterocycles. The van der Waals surface area contributed by atoms with Crippen LogP contribution in [0.3, 0.4) is 0 Å². The molecule has 7 heteroatoms. The van der Waals surface area contributed by atoms with E-state index in [2.05, 4.69) is 5.32 Å². The Morgan fingerprint density at radius 2 is 1.84 bits per heavy atom. The van der Waals surface area contributed by atoms with Crippen molar-refractivity contribution in [2.24, 2.45) is 4.99 Å². The van der Waals surface area contributed by atoms with Crippen LogP contribution in [0.15, 0.2) is 71.7 Å². The summed E-state index contributed by atoms with van der Waals surface area (Å²) in [6.45, 7) is 2.78. The Kier molecular flexibility index (Phi) is 6.87. The van der Waals surface area contributed by atoms with Crippen molar-refractivity contribution in [3.8, 4) is 0 Å². The van der Waals surface area contributed by atoms with E-state index in [4.69, 9.17) is 9.73 Å². The lowest BCUT2D eigenvalue weighted by Gasteiger charge is -2.16. The third-order valence-electron chi connectivity index (χ3n) is 5.27. The van der Waals surface area contributed by atoms with Gasteiger partial charge in [-0.1, -0.05) is 60.3 Å². The molecule has 1 fully saturated rings. The number of rotatable bonds is 7. The van der Waals surface area contributed by atoms with E-state index in [9.17, 15) is 9.59 Å². The Hall–Kier alpha value is -3.16. The molecular weight excluding hydrogens is 422 g/mol. The molecule has 0 saturated carbocycles. The second-order valence-electron chi connectivity index (χ2n) is 7.58. The molecule has 32 heavy (non-hydrogen) atoms. The molecule has 3 aromatic carbocycles. The van der Waals surface area contributed by atoms with Gasteiger partial charge in [-0.15, -0.1) is 0 Å². The highest BCUT2D eigenvalue weighted by atomic mass is 32.2. The minimum Gasteiger partial charge on any atom is -0.383 e. The van der Waals surface area contributed by atoms with Gasteiger partial charge < -0.3 is 10.1 Å².